The standard InChI is InChI=1S/C29H24F4N4O3S/c30-22-6-8-23(9-7-22)37-26-15-21-12-14-36(41(39,40)24-10-4-20(5-11-24)29(31,32)33)18-28(21,16-19(26)17-35-37)27(38)25-3-1-2-13-34-25/h1-11,13,17,21H,12,14-16,18H2/t21-,28+/m1/s1. The van der Waals surface area contributed by atoms with Crippen LogP contribution < -0.4 is 0 Å². The molecule has 2 aromatic heterocycles. The molecule has 0 amide bonds. The quantitative estimate of drug-likeness (QED) is 0.241. The molecule has 1 fully saturated rings. The van der Waals surface area contributed by atoms with E-state index in [1.807, 2.05) is 0 Å². The highest BCUT2D eigenvalue weighted by Crippen LogP contribution is 2.48. The van der Waals surface area contributed by atoms with E-state index in [0.29, 0.717) is 18.5 Å². The maximum Gasteiger partial charge on any atom is 0.416 e. The summed E-state index contributed by atoms with van der Waals surface area (Å²) in [5, 5.41) is 4.51. The normalized spacial score (nSPS) is 21.2. The summed E-state index contributed by atoms with van der Waals surface area (Å²) >= 11 is 0. The monoisotopic (exact) mass is 584 g/mol. The van der Waals surface area contributed by atoms with Crippen LogP contribution in [0.15, 0.2) is 84.0 Å². The van der Waals surface area contributed by atoms with Gasteiger partial charge in [-0.25, -0.2) is 17.5 Å². The Balaban J connectivity index is 1.39. The molecule has 0 saturated carbocycles. The van der Waals surface area contributed by atoms with Gasteiger partial charge in [0.1, 0.15) is 11.5 Å². The lowest BCUT2D eigenvalue weighted by Crippen LogP contribution is -2.57. The second-order valence-electron chi connectivity index (χ2n) is 10.4. The molecule has 0 bridgehead atoms. The van der Waals surface area contributed by atoms with E-state index in [4.69, 9.17) is 0 Å². The van der Waals surface area contributed by atoms with Crippen molar-refractivity contribution < 1.29 is 30.8 Å². The van der Waals surface area contributed by atoms with Crippen molar-refractivity contribution in [3.63, 3.8) is 0 Å². The summed E-state index contributed by atoms with van der Waals surface area (Å²) < 4.78 is 83.0. The molecule has 7 nitrogen and oxygen atoms in total. The van der Waals surface area contributed by atoms with Crippen LogP contribution in [0.25, 0.3) is 5.69 Å². The first-order valence-corrected chi connectivity index (χ1v) is 14.4. The molecule has 0 radical (unpaired) electrons. The predicted molar refractivity (Wildman–Crippen MR) is 140 cm³/mol. The molecular weight excluding hydrogens is 560 g/mol. The third-order valence-electron chi connectivity index (χ3n) is 8.11. The lowest BCUT2D eigenvalue weighted by Gasteiger charge is -2.49. The van der Waals surface area contributed by atoms with Crippen LogP contribution in [0.5, 0.6) is 0 Å². The number of alkyl halides is 3. The van der Waals surface area contributed by atoms with E-state index in [-0.39, 0.29) is 47.6 Å². The maximum atomic E-state index is 14.2. The van der Waals surface area contributed by atoms with Crippen molar-refractivity contribution in [2.75, 3.05) is 13.1 Å². The van der Waals surface area contributed by atoms with Crippen LogP contribution in [0.4, 0.5) is 17.6 Å². The predicted octanol–water partition coefficient (Wildman–Crippen LogP) is 5.10. The molecule has 12 heteroatoms. The number of Topliss-reactive ketones (excluding diaryl/α,β-unsaturated/α-hetero) is 1. The molecule has 4 aromatic rings. The average Bonchev–Trinajstić information content (AvgIpc) is 3.37. The van der Waals surface area contributed by atoms with Crippen molar-refractivity contribution in [3.8, 4) is 5.69 Å². The number of fused-ring (bicyclic) bond motifs is 2. The number of piperidine rings is 1. The summed E-state index contributed by atoms with van der Waals surface area (Å²) in [5.41, 5.74) is 0.387. The molecule has 0 unspecified atom stereocenters. The van der Waals surface area contributed by atoms with Gasteiger partial charge in [-0.3, -0.25) is 9.78 Å². The minimum absolute atomic E-state index is 0.0886. The van der Waals surface area contributed by atoms with Crippen molar-refractivity contribution >= 4 is 15.8 Å². The van der Waals surface area contributed by atoms with Gasteiger partial charge in [0.05, 0.1) is 27.8 Å². The van der Waals surface area contributed by atoms with Crippen LogP contribution in [-0.4, -0.2) is 46.4 Å². The molecule has 2 aromatic carbocycles. The minimum Gasteiger partial charge on any atom is -0.292 e. The molecule has 1 saturated heterocycles. The molecular formula is C29H24F4N4O3S. The van der Waals surface area contributed by atoms with E-state index >= 15 is 0 Å². The SMILES string of the molecule is O=C(c1ccccn1)[C@]12Cc3cnn(-c4ccc(F)cc4)c3C[C@H]1CCN(S(=O)(=O)c1ccc(C(F)(F)F)cc1)C2. The molecule has 6 rings (SSSR count). The summed E-state index contributed by atoms with van der Waals surface area (Å²) in [7, 11) is -4.21. The molecule has 41 heavy (non-hydrogen) atoms. The van der Waals surface area contributed by atoms with E-state index in [9.17, 15) is 30.8 Å². The molecule has 212 valence electrons. The molecule has 0 spiro atoms. The number of ketones is 1. The molecule has 2 atom stereocenters. The molecule has 3 heterocycles. The minimum atomic E-state index is -4.60. The summed E-state index contributed by atoms with van der Waals surface area (Å²) in [6.45, 7) is -0.0666. The first-order chi connectivity index (χ1) is 19.5. The third-order valence-corrected chi connectivity index (χ3v) is 9.97. The van der Waals surface area contributed by atoms with Gasteiger partial charge in [0.15, 0.2) is 5.78 Å². The van der Waals surface area contributed by atoms with Crippen LogP contribution in [0.2, 0.25) is 0 Å². The fourth-order valence-corrected chi connectivity index (χ4v) is 7.53. The van der Waals surface area contributed by atoms with Crippen LogP contribution >= 0.6 is 0 Å². The maximum absolute atomic E-state index is 14.2. The lowest BCUT2D eigenvalue weighted by molar-refractivity contribution is -0.137. The molecule has 1 aliphatic heterocycles. The van der Waals surface area contributed by atoms with Crippen LogP contribution in [-0.2, 0) is 29.0 Å². The Morgan fingerprint density at radius 1 is 1.00 bits per heavy atom. The number of carbonyl (C=O) groups is 1. The highest BCUT2D eigenvalue weighted by atomic mass is 32.2. The first-order valence-electron chi connectivity index (χ1n) is 12.9. The number of carbonyl (C=O) groups excluding carboxylic acids is 1. The van der Waals surface area contributed by atoms with Gasteiger partial charge in [-0.2, -0.15) is 22.6 Å². The zero-order valence-corrected chi connectivity index (χ0v) is 22.4. The fourth-order valence-electron chi connectivity index (χ4n) is 6.01. The van der Waals surface area contributed by atoms with Crippen LogP contribution in [0, 0.1) is 17.2 Å². The second kappa shape index (κ2) is 9.88. The topological polar surface area (TPSA) is 85.2 Å². The van der Waals surface area contributed by atoms with Gasteiger partial charge in [-0.1, -0.05) is 6.07 Å². The van der Waals surface area contributed by atoms with E-state index in [0.717, 1.165) is 35.5 Å². The number of pyridine rings is 1. The largest absolute Gasteiger partial charge is 0.416 e. The highest BCUT2D eigenvalue weighted by molar-refractivity contribution is 7.89. The van der Waals surface area contributed by atoms with Gasteiger partial charge in [0.25, 0.3) is 0 Å². The number of aromatic nitrogens is 3. The fraction of sp³-hybridized carbons (Fsp3) is 0.276. The lowest BCUT2D eigenvalue weighted by atomic mass is 9.60. The van der Waals surface area contributed by atoms with Gasteiger partial charge in [-0.15, -0.1) is 0 Å². The summed E-state index contributed by atoms with van der Waals surface area (Å²) in [6, 6.07) is 14.2. The number of rotatable bonds is 5. The van der Waals surface area contributed by atoms with Crippen molar-refractivity contribution in [1.82, 2.24) is 19.1 Å². The van der Waals surface area contributed by atoms with Crippen LogP contribution in [0.1, 0.15) is 33.7 Å². The highest BCUT2D eigenvalue weighted by Gasteiger charge is 2.54. The zero-order valence-electron chi connectivity index (χ0n) is 21.6. The Morgan fingerprint density at radius 3 is 2.39 bits per heavy atom. The third kappa shape index (κ3) is 4.74. The number of hydrogen-bond acceptors (Lipinski definition) is 5. The number of halogens is 4. The van der Waals surface area contributed by atoms with E-state index in [2.05, 4.69) is 10.1 Å². The number of hydrogen-bond donors (Lipinski definition) is 0. The zero-order chi connectivity index (χ0) is 29.0. The summed E-state index contributed by atoms with van der Waals surface area (Å²) in [4.78, 5) is 18.1. The van der Waals surface area contributed by atoms with Gasteiger partial charge < -0.3 is 0 Å². The van der Waals surface area contributed by atoms with Gasteiger partial charge in [0.2, 0.25) is 10.0 Å². The van der Waals surface area contributed by atoms with E-state index < -0.39 is 27.2 Å². The molecule has 0 N–H and O–H groups in total. The Kier molecular flexibility index (Phi) is 6.57. The van der Waals surface area contributed by atoms with E-state index in [1.54, 1.807) is 41.2 Å². The van der Waals surface area contributed by atoms with Crippen molar-refractivity contribution in [2.24, 2.45) is 11.3 Å². The second-order valence-corrected chi connectivity index (χ2v) is 12.4. The summed E-state index contributed by atoms with van der Waals surface area (Å²) in [6.07, 6.45) is -0.489. The Hall–Kier alpha value is -3.90. The van der Waals surface area contributed by atoms with Crippen LogP contribution in [0.3, 0.4) is 0 Å². The van der Waals surface area contributed by atoms with Crippen molar-refractivity contribution in [2.45, 2.75) is 30.3 Å². The molecule has 1 aliphatic carbocycles. The van der Waals surface area contributed by atoms with Gasteiger partial charge in [-0.05, 0) is 91.4 Å². The van der Waals surface area contributed by atoms with E-state index in [1.165, 1.54) is 22.6 Å². The number of nitrogens with zero attached hydrogens (tertiary/aromatic N) is 4. The van der Waals surface area contributed by atoms with Crippen molar-refractivity contribution in [1.29, 1.82) is 0 Å². The van der Waals surface area contributed by atoms with Gasteiger partial charge in [0, 0.05) is 25.0 Å². The molecule has 2 aliphatic rings. The first kappa shape index (κ1) is 27.3. The number of sulfonamides is 1. The smallest absolute Gasteiger partial charge is 0.292 e. The number of benzene rings is 2. The Bertz CT molecular complexity index is 1710. The van der Waals surface area contributed by atoms with Gasteiger partial charge >= 0.3 is 6.18 Å². The Labute approximate surface area is 233 Å². The summed E-state index contributed by atoms with van der Waals surface area (Å²) in [5.74, 6) is -0.938. The van der Waals surface area contributed by atoms with Crippen molar-refractivity contribution in [3.05, 3.63) is 107 Å². The Morgan fingerprint density at radius 2 is 1.73 bits per heavy atom. The average molecular weight is 585 g/mol.